The van der Waals surface area contributed by atoms with Crippen molar-refractivity contribution in [3.8, 4) is 0 Å². The van der Waals surface area contributed by atoms with E-state index in [1.807, 2.05) is 18.3 Å². The second kappa shape index (κ2) is 3.87. The first-order valence-electron chi connectivity index (χ1n) is 5.23. The molecule has 0 fully saturated rings. The molecule has 0 saturated carbocycles. The predicted molar refractivity (Wildman–Crippen MR) is 70.0 cm³/mol. The van der Waals surface area contributed by atoms with Gasteiger partial charge < -0.3 is 0 Å². The molecule has 0 saturated heterocycles. The van der Waals surface area contributed by atoms with Gasteiger partial charge in [0, 0.05) is 10.7 Å². The van der Waals surface area contributed by atoms with Crippen LogP contribution < -0.4 is 0 Å². The smallest absolute Gasteiger partial charge is 0.102 e. The van der Waals surface area contributed by atoms with E-state index in [1.54, 1.807) is 0 Å². The molecule has 1 aliphatic rings. The number of aliphatic imine (C=N–C) groups is 1. The highest BCUT2D eigenvalue weighted by molar-refractivity contribution is 9.10. The van der Waals surface area contributed by atoms with Crippen LogP contribution in [0.1, 0.15) is 22.7 Å². The molecule has 0 N–H and O–H groups in total. The van der Waals surface area contributed by atoms with Crippen molar-refractivity contribution in [1.29, 1.82) is 0 Å². The molecule has 16 heavy (non-hydrogen) atoms. The first kappa shape index (κ1) is 9.79. The maximum Gasteiger partial charge on any atom is 0.102 e. The van der Waals surface area contributed by atoms with Crippen molar-refractivity contribution in [2.75, 3.05) is 0 Å². The molecule has 0 aliphatic carbocycles. The largest absolute Gasteiger partial charge is 0.280 e. The third kappa shape index (κ3) is 1.50. The first-order chi connectivity index (χ1) is 7.86. The third-order valence-corrected chi connectivity index (χ3v) is 3.58. The Labute approximate surface area is 103 Å². The Balaban J connectivity index is 2.12. The minimum atomic E-state index is 0.145. The van der Waals surface area contributed by atoms with E-state index in [9.17, 15) is 0 Å². The quantitative estimate of drug-likeness (QED) is 0.744. The average Bonchev–Trinajstić information content (AvgIpc) is 2.74. The van der Waals surface area contributed by atoms with Gasteiger partial charge >= 0.3 is 0 Å². The highest BCUT2D eigenvalue weighted by atomic mass is 79.9. The molecule has 3 rings (SSSR count). The Bertz CT molecular complexity index is 560. The zero-order valence-electron chi connectivity index (χ0n) is 8.60. The molecule has 1 unspecified atom stereocenters. The first-order valence-corrected chi connectivity index (χ1v) is 6.02. The lowest BCUT2D eigenvalue weighted by Crippen LogP contribution is -1.96. The lowest BCUT2D eigenvalue weighted by Gasteiger charge is -2.11. The molecule has 0 radical (unpaired) electrons. The molecule has 78 valence electrons. The maximum atomic E-state index is 4.58. The van der Waals surface area contributed by atoms with Crippen LogP contribution in [0.3, 0.4) is 0 Å². The molecule has 1 aliphatic heterocycles. The van der Waals surface area contributed by atoms with Crippen molar-refractivity contribution < 1.29 is 0 Å². The Morgan fingerprint density at radius 1 is 0.875 bits per heavy atom. The highest BCUT2D eigenvalue weighted by Crippen LogP contribution is 2.35. The predicted octanol–water partition coefficient (Wildman–Crippen LogP) is 3.97. The van der Waals surface area contributed by atoms with Crippen LogP contribution >= 0.6 is 15.9 Å². The van der Waals surface area contributed by atoms with Crippen LogP contribution in [-0.4, -0.2) is 6.21 Å². The van der Waals surface area contributed by atoms with Crippen molar-refractivity contribution in [2.45, 2.75) is 6.04 Å². The van der Waals surface area contributed by atoms with E-state index in [2.05, 4.69) is 57.3 Å². The fourth-order valence-corrected chi connectivity index (χ4v) is 2.56. The summed E-state index contributed by atoms with van der Waals surface area (Å²) in [6.07, 6.45) is 1.96. The SMILES string of the molecule is Brc1ccccc1C1N=Cc2ccccc21. The molecule has 2 aromatic rings. The summed E-state index contributed by atoms with van der Waals surface area (Å²) in [6, 6.07) is 16.8. The highest BCUT2D eigenvalue weighted by Gasteiger charge is 2.21. The van der Waals surface area contributed by atoms with Crippen molar-refractivity contribution in [1.82, 2.24) is 0 Å². The second-order valence-corrected chi connectivity index (χ2v) is 4.69. The molecule has 2 heteroatoms. The van der Waals surface area contributed by atoms with Crippen LogP contribution in [0, 0.1) is 0 Å². The van der Waals surface area contributed by atoms with Crippen molar-refractivity contribution in [3.05, 3.63) is 69.7 Å². The second-order valence-electron chi connectivity index (χ2n) is 3.83. The Morgan fingerprint density at radius 2 is 1.56 bits per heavy atom. The summed E-state index contributed by atoms with van der Waals surface area (Å²) in [6.45, 7) is 0. The van der Waals surface area contributed by atoms with Crippen LogP contribution in [0.2, 0.25) is 0 Å². The zero-order chi connectivity index (χ0) is 11.0. The van der Waals surface area contributed by atoms with E-state index in [4.69, 9.17) is 0 Å². The number of hydrogen-bond acceptors (Lipinski definition) is 1. The maximum absolute atomic E-state index is 4.58. The monoisotopic (exact) mass is 271 g/mol. The van der Waals surface area contributed by atoms with E-state index in [0.29, 0.717) is 0 Å². The summed E-state index contributed by atoms with van der Waals surface area (Å²) < 4.78 is 1.12. The molecular formula is C14H10BrN. The fourth-order valence-electron chi connectivity index (χ4n) is 2.06. The average molecular weight is 272 g/mol. The number of rotatable bonds is 1. The van der Waals surface area contributed by atoms with Gasteiger partial charge in [0.05, 0.1) is 0 Å². The van der Waals surface area contributed by atoms with E-state index in [1.165, 1.54) is 16.7 Å². The van der Waals surface area contributed by atoms with Gasteiger partial charge in [-0.2, -0.15) is 0 Å². The number of halogens is 1. The summed E-state index contributed by atoms with van der Waals surface area (Å²) in [5, 5.41) is 0. The molecule has 0 bridgehead atoms. The van der Waals surface area contributed by atoms with E-state index in [0.717, 1.165) is 4.47 Å². The summed E-state index contributed by atoms with van der Waals surface area (Å²) in [7, 11) is 0. The molecule has 0 spiro atoms. The number of hydrogen-bond donors (Lipinski definition) is 0. The lowest BCUT2D eigenvalue weighted by molar-refractivity contribution is 0.893. The van der Waals surface area contributed by atoms with Gasteiger partial charge in [-0.15, -0.1) is 0 Å². The summed E-state index contributed by atoms with van der Waals surface area (Å²) >= 11 is 3.58. The standard InChI is InChI=1S/C14H10BrN/c15-13-8-4-3-7-12(13)14-11-6-2-1-5-10(11)9-16-14/h1-9,14H. The number of nitrogens with zero attached hydrogens (tertiary/aromatic N) is 1. The van der Waals surface area contributed by atoms with Gasteiger partial charge in [-0.05, 0) is 22.8 Å². The molecule has 2 aromatic carbocycles. The Hall–Kier alpha value is -1.41. The van der Waals surface area contributed by atoms with E-state index in [-0.39, 0.29) is 6.04 Å². The summed E-state index contributed by atoms with van der Waals surface area (Å²) in [4.78, 5) is 4.58. The molecule has 1 atom stereocenters. The third-order valence-electron chi connectivity index (χ3n) is 2.85. The fraction of sp³-hybridized carbons (Fsp3) is 0.0714. The minimum Gasteiger partial charge on any atom is -0.280 e. The van der Waals surface area contributed by atoms with Crippen LogP contribution in [0.4, 0.5) is 0 Å². The topological polar surface area (TPSA) is 12.4 Å². The summed E-state index contributed by atoms with van der Waals surface area (Å²) in [5.74, 6) is 0. The van der Waals surface area contributed by atoms with Crippen LogP contribution in [0.25, 0.3) is 0 Å². The zero-order valence-corrected chi connectivity index (χ0v) is 10.2. The van der Waals surface area contributed by atoms with Crippen molar-refractivity contribution in [3.63, 3.8) is 0 Å². The number of fused-ring (bicyclic) bond motifs is 1. The molecule has 1 nitrogen and oxygen atoms in total. The minimum absolute atomic E-state index is 0.145. The van der Waals surface area contributed by atoms with Gasteiger partial charge in [-0.3, -0.25) is 4.99 Å². The molecule has 0 amide bonds. The lowest BCUT2D eigenvalue weighted by atomic mass is 9.98. The summed E-state index contributed by atoms with van der Waals surface area (Å²) in [5.41, 5.74) is 3.74. The molecule has 1 heterocycles. The van der Waals surface area contributed by atoms with Gasteiger partial charge in [-0.25, -0.2) is 0 Å². The van der Waals surface area contributed by atoms with Crippen LogP contribution in [-0.2, 0) is 0 Å². The molecule has 0 aromatic heterocycles. The number of benzene rings is 2. The normalized spacial score (nSPS) is 17.4. The van der Waals surface area contributed by atoms with Crippen molar-refractivity contribution >= 4 is 22.1 Å². The van der Waals surface area contributed by atoms with E-state index < -0.39 is 0 Å². The Morgan fingerprint density at radius 3 is 2.38 bits per heavy atom. The van der Waals surface area contributed by atoms with E-state index >= 15 is 0 Å². The van der Waals surface area contributed by atoms with Gasteiger partial charge in [0.1, 0.15) is 6.04 Å². The van der Waals surface area contributed by atoms with Crippen molar-refractivity contribution in [2.24, 2.45) is 4.99 Å². The van der Waals surface area contributed by atoms with Gasteiger partial charge in [0.25, 0.3) is 0 Å². The van der Waals surface area contributed by atoms with Crippen LogP contribution in [0.15, 0.2) is 58.0 Å². The van der Waals surface area contributed by atoms with Gasteiger partial charge in [0.15, 0.2) is 0 Å². The van der Waals surface area contributed by atoms with Gasteiger partial charge in [-0.1, -0.05) is 58.4 Å². The van der Waals surface area contributed by atoms with Gasteiger partial charge in [0.2, 0.25) is 0 Å². The van der Waals surface area contributed by atoms with Crippen LogP contribution in [0.5, 0.6) is 0 Å². The molecular weight excluding hydrogens is 262 g/mol. The Kier molecular flexibility index (Phi) is 2.37.